The van der Waals surface area contributed by atoms with Gasteiger partial charge in [0.1, 0.15) is 11.6 Å². The highest BCUT2D eigenvalue weighted by atomic mass is 16.3. The highest BCUT2D eigenvalue weighted by Crippen LogP contribution is 2.25. The number of aromatic hydroxyl groups is 1. The molecule has 120 valence electrons. The monoisotopic (exact) mass is 305 g/mol. The number of nitrogens with zero attached hydrogens (tertiary/aromatic N) is 3. The second-order valence-electron chi connectivity index (χ2n) is 6.02. The van der Waals surface area contributed by atoms with Crippen LogP contribution in [0.15, 0.2) is 4.79 Å². The summed E-state index contributed by atoms with van der Waals surface area (Å²) in [7, 11) is 0. The molecule has 6 heteroatoms. The van der Waals surface area contributed by atoms with Gasteiger partial charge in [-0.15, -0.1) is 0 Å². The van der Waals surface area contributed by atoms with Crippen molar-refractivity contribution in [2.75, 3.05) is 13.1 Å². The van der Waals surface area contributed by atoms with Crippen LogP contribution in [0.25, 0.3) is 0 Å². The van der Waals surface area contributed by atoms with E-state index in [0.29, 0.717) is 17.7 Å². The molecule has 2 heterocycles. The third-order valence-corrected chi connectivity index (χ3v) is 4.20. The number of aliphatic hydroxyl groups is 1. The van der Waals surface area contributed by atoms with E-state index in [1.807, 2.05) is 6.07 Å². The second-order valence-corrected chi connectivity index (χ2v) is 6.02. The molecular weight excluding hydrogens is 282 g/mol. The first kappa shape index (κ1) is 16.5. The molecule has 0 amide bonds. The summed E-state index contributed by atoms with van der Waals surface area (Å²) >= 11 is 0. The molecule has 0 aromatic carbocycles. The molecule has 2 rings (SSSR count). The Hall–Kier alpha value is -1.84. The zero-order valence-corrected chi connectivity index (χ0v) is 13.2. The van der Waals surface area contributed by atoms with Crippen LogP contribution >= 0.6 is 0 Å². The summed E-state index contributed by atoms with van der Waals surface area (Å²) in [5.74, 6) is -0.132. The van der Waals surface area contributed by atoms with Gasteiger partial charge >= 0.3 is 0 Å². The predicted molar refractivity (Wildman–Crippen MR) is 82.6 cm³/mol. The van der Waals surface area contributed by atoms with Gasteiger partial charge in [0, 0.05) is 12.1 Å². The Morgan fingerprint density at radius 2 is 1.95 bits per heavy atom. The Morgan fingerprint density at radius 1 is 1.32 bits per heavy atom. The number of hydrogen-bond donors (Lipinski definition) is 2. The first-order valence-corrected chi connectivity index (χ1v) is 7.71. The third-order valence-electron chi connectivity index (χ3n) is 4.20. The van der Waals surface area contributed by atoms with E-state index in [2.05, 4.69) is 4.90 Å². The molecule has 1 aromatic rings. The number of likely N-dealkylation sites (tertiary alicyclic amines) is 1. The van der Waals surface area contributed by atoms with E-state index in [4.69, 9.17) is 0 Å². The molecule has 0 aliphatic carbocycles. The third kappa shape index (κ3) is 3.32. The van der Waals surface area contributed by atoms with Crippen molar-refractivity contribution in [2.24, 2.45) is 0 Å². The molecule has 1 saturated heterocycles. The van der Waals surface area contributed by atoms with Crippen LogP contribution in [0.5, 0.6) is 5.88 Å². The quantitative estimate of drug-likeness (QED) is 0.869. The molecule has 22 heavy (non-hydrogen) atoms. The summed E-state index contributed by atoms with van der Waals surface area (Å²) in [6.45, 7) is 5.65. The first-order valence-electron chi connectivity index (χ1n) is 7.71. The van der Waals surface area contributed by atoms with Crippen LogP contribution in [0.1, 0.15) is 42.9 Å². The standard InChI is InChI=1S/C16H23N3O3/c1-11(20)9-19-15(21)13(8-17)12(2)14(16(19)22)10-18-6-4-3-5-7-18/h11,20,22H,3-7,9-10H2,1-2H3. The molecule has 6 nitrogen and oxygen atoms in total. The lowest BCUT2D eigenvalue weighted by Crippen LogP contribution is -2.33. The minimum atomic E-state index is -0.777. The highest BCUT2D eigenvalue weighted by Gasteiger charge is 2.22. The van der Waals surface area contributed by atoms with Gasteiger partial charge < -0.3 is 10.2 Å². The average molecular weight is 305 g/mol. The van der Waals surface area contributed by atoms with E-state index in [9.17, 15) is 20.3 Å². The number of pyridine rings is 1. The van der Waals surface area contributed by atoms with Gasteiger partial charge in [-0.05, 0) is 45.3 Å². The minimum Gasteiger partial charge on any atom is -0.494 e. The lowest BCUT2D eigenvalue weighted by atomic mass is 10.0. The first-order chi connectivity index (χ1) is 10.5. The fraction of sp³-hybridized carbons (Fsp3) is 0.625. The molecule has 2 N–H and O–H groups in total. The fourth-order valence-corrected chi connectivity index (χ4v) is 2.97. The molecule has 1 aromatic heterocycles. The summed E-state index contributed by atoms with van der Waals surface area (Å²) in [6.07, 6.45) is 2.68. The number of hydrogen-bond acceptors (Lipinski definition) is 5. The zero-order valence-electron chi connectivity index (χ0n) is 13.2. The SMILES string of the molecule is Cc1c(CN2CCCCC2)c(O)n(CC(C)O)c(=O)c1C#N. The van der Waals surface area contributed by atoms with Gasteiger partial charge in [-0.25, -0.2) is 0 Å². The van der Waals surface area contributed by atoms with E-state index in [1.165, 1.54) is 6.42 Å². The van der Waals surface area contributed by atoms with Crippen LogP contribution in [-0.4, -0.2) is 38.9 Å². The van der Waals surface area contributed by atoms with E-state index >= 15 is 0 Å². The zero-order chi connectivity index (χ0) is 16.3. The number of piperidine rings is 1. The van der Waals surface area contributed by atoms with Gasteiger partial charge in [0.05, 0.1) is 12.6 Å². The molecule has 0 saturated carbocycles. The molecule has 1 aliphatic heterocycles. The van der Waals surface area contributed by atoms with Gasteiger partial charge in [0.2, 0.25) is 0 Å². The van der Waals surface area contributed by atoms with Crippen molar-refractivity contribution in [1.82, 2.24) is 9.47 Å². The lowest BCUT2D eigenvalue weighted by Gasteiger charge is -2.28. The van der Waals surface area contributed by atoms with Gasteiger partial charge in [-0.1, -0.05) is 6.42 Å². The van der Waals surface area contributed by atoms with E-state index in [1.54, 1.807) is 13.8 Å². The molecule has 1 unspecified atom stereocenters. The van der Waals surface area contributed by atoms with Crippen molar-refractivity contribution in [3.05, 3.63) is 27.0 Å². The van der Waals surface area contributed by atoms with E-state index in [-0.39, 0.29) is 18.0 Å². The van der Waals surface area contributed by atoms with Crippen molar-refractivity contribution >= 4 is 0 Å². The van der Waals surface area contributed by atoms with Crippen molar-refractivity contribution < 1.29 is 10.2 Å². The van der Waals surface area contributed by atoms with Crippen LogP contribution in [0.2, 0.25) is 0 Å². The maximum Gasteiger partial charge on any atom is 0.271 e. The van der Waals surface area contributed by atoms with Gasteiger partial charge in [0.15, 0.2) is 5.88 Å². The fourth-order valence-electron chi connectivity index (χ4n) is 2.97. The smallest absolute Gasteiger partial charge is 0.271 e. The van der Waals surface area contributed by atoms with Crippen LogP contribution < -0.4 is 5.56 Å². The Morgan fingerprint density at radius 3 is 2.50 bits per heavy atom. The highest BCUT2D eigenvalue weighted by molar-refractivity contribution is 5.45. The Kier molecular flexibility index (Phi) is 5.22. The summed E-state index contributed by atoms with van der Waals surface area (Å²) < 4.78 is 1.11. The Bertz CT molecular complexity index is 638. The van der Waals surface area contributed by atoms with Crippen LogP contribution in [-0.2, 0) is 13.1 Å². The molecular formula is C16H23N3O3. The van der Waals surface area contributed by atoms with E-state index in [0.717, 1.165) is 30.5 Å². The largest absolute Gasteiger partial charge is 0.494 e. The normalized spacial score (nSPS) is 17.2. The summed E-state index contributed by atoms with van der Waals surface area (Å²) in [4.78, 5) is 14.5. The van der Waals surface area contributed by atoms with Crippen molar-refractivity contribution in [1.29, 1.82) is 5.26 Å². The Balaban J connectivity index is 2.47. The topological polar surface area (TPSA) is 89.5 Å². The summed E-state index contributed by atoms with van der Waals surface area (Å²) in [5.41, 5.74) is 0.655. The Labute approximate surface area is 130 Å². The maximum atomic E-state index is 12.3. The lowest BCUT2D eigenvalue weighted by molar-refractivity contribution is 0.165. The van der Waals surface area contributed by atoms with Gasteiger partial charge in [0.25, 0.3) is 5.56 Å². The van der Waals surface area contributed by atoms with E-state index < -0.39 is 11.7 Å². The van der Waals surface area contributed by atoms with Crippen LogP contribution in [0.3, 0.4) is 0 Å². The van der Waals surface area contributed by atoms with Crippen LogP contribution in [0, 0.1) is 18.3 Å². The minimum absolute atomic E-state index is 0.0212. The molecule has 0 bridgehead atoms. The number of aromatic nitrogens is 1. The van der Waals surface area contributed by atoms with Crippen LogP contribution in [0.4, 0.5) is 0 Å². The molecule has 1 atom stereocenters. The van der Waals surface area contributed by atoms with Gasteiger partial charge in [-0.3, -0.25) is 14.3 Å². The predicted octanol–water partition coefficient (Wildman–Crippen LogP) is 1.10. The number of aliphatic hydroxyl groups excluding tert-OH is 1. The second kappa shape index (κ2) is 6.95. The van der Waals surface area contributed by atoms with Crippen molar-refractivity contribution in [3.8, 4) is 11.9 Å². The summed E-state index contributed by atoms with van der Waals surface area (Å²) in [5, 5.41) is 29.3. The number of nitriles is 1. The van der Waals surface area contributed by atoms with Crippen molar-refractivity contribution in [3.63, 3.8) is 0 Å². The van der Waals surface area contributed by atoms with Gasteiger partial charge in [-0.2, -0.15) is 5.26 Å². The average Bonchev–Trinajstić information content (AvgIpc) is 2.49. The number of rotatable bonds is 4. The summed E-state index contributed by atoms with van der Waals surface area (Å²) in [6, 6.07) is 1.94. The van der Waals surface area contributed by atoms with Crippen molar-refractivity contribution in [2.45, 2.75) is 52.3 Å². The molecule has 1 fully saturated rings. The molecule has 0 spiro atoms. The molecule has 0 radical (unpaired) electrons. The maximum absolute atomic E-state index is 12.3. The molecule has 1 aliphatic rings.